The zero-order valence-electron chi connectivity index (χ0n) is 21.6. The lowest BCUT2D eigenvalue weighted by Gasteiger charge is -2.21. The number of nitrogens with two attached hydrogens (primary N) is 1. The minimum absolute atomic E-state index is 0.0393. The van der Waals surface area contributed by atoms with Crippen LogP contribution in [0, 0.1) is 11.7 Å². The molecule has 3 aromatic carbocycles. The Morgan fingerprint density at radius 3 is 2.49 bits per heavy atom. The minimum atomic E-state index is -4.86. The van der Waals surface area contributed by atoms with Gasteiger partial charge in [0.1, 0.15) is 11.5 Å². The summed E-state index contributed by atoms with van der Waals surface area (Å²) in [5.74, 6) is -1.49. The van der Waals surface area contributed by atoms with Crippen molar-refractivity contribution in [1.29, 1.82) is 0 Å². The van der Waals surface area contributed by atoms with Crippen LogP contribution in [0.1, 0.15) is 51.8 Å². The third-order valence-electron chi connectivity index (χ3n) is 6.74. The number of benzene rings is 3. The Labute approximate surface area is 232 Å². The number of hydrogen-bond donors (Lipinski definition) is 4. The van der Waals surface area contributed by atoms with E-state index in [0.717, 1.165) is 29.6 Å². The van der Waals surface area contributed by atoms with E-state index in [-0.39, 0.29) is 28.8 Å². The number of carbonyl (C=O) groups excluding carboxylic acids is 1. The highest BCUT2D eigenvalue weighted by Crippen LogP contribution is 2.32. The second-order valence-corrected chi connectivity index (χ2v) is 9.75. The molecule has 1 amide bonds. The van der Waals surface area contributed by atoms with Gasteiger partial charge in [-0.05, 0) is 60.7 Å². The van der Waals surface area contributed by atoms with Crippen molar-refractivity contribution in [2.75, 3.05) is 11.9 Å². The number of carbonyl (C=O) groups is 1. The number of halogens is 4. The molecule has 4 aromatic rings. The van der Waals surface area contributed by atoms with Crippen LogP contribution in [0.3, 0.4) is 0 Å². The molecule has 0 spiro atoms. The Bertz CT molecular complexity index is 1580. The molecule has 5 rings (SSSR count). The number of amides is 1. The van der Waals surface area contributed by atoms with Gasteiger partial charge in [-0.25, -0.2) is 9.07 Å². The lowest BCUT2D eigenvalue weighted by molar-refractivity contribution is -0.141. The van der Waals surface area contributed by atoms with E-state index in [1.54, 1.807) is 6.07 Å². The fraction of sp³-hybridized carbons (Fsp3) is 0.207. The Balaban J connectivity index is 1.49. The highest BCUT2D eigenvalue weighted by atomic mass is 19.4. The van der Waals surface area contributed by atoms with Gasteiger partial charge < -0.3 is 21.6 Å². The molecule has 5 N–H and O–H groups in total. The van der Waals surface area contributed by atoms with E-state index in [1.807, 2.05) is 30.3 Å². The van der Waals surface area contributed by atoms with Gasteiger partial charge in [0.25, 0.3) is 5.91 Å². The number of alkyl halides is 3. The van der Waals surface area contributed by atoms with E-state index in [0.29, 0.717) is 17.5 Å². The molecule has 212 valence electrons. The highest BCUT2D eigenvalue weighted by molar-refractivity contribution is 6.04. The molecular formula is C29H26F4N6O2. The summed E-state index contributed by atoms with van der Waals surface area (Å²) in [7, 11) is 0. The van der Waals surface area contributed by atoms with E-state index in [2.05, 4.69) is 20.9 Å². The molecule has 1 fully saturated rings. The van der Waals surface area contributed by atoms with E-state index in [4.69, 9.17) is 10.9 Å². The molecule has 1 saturated carbocycles. The van der Waals surface area contributed by atoms with Crippen LogP contribution in [0.15, 0.2) is 84.0 Å². The molecule has 8 nitrogen and oxygen atoms in total. The first-order chi connectivity index (χ1) is 19.6. The Morgan fingerprint density at radius 2 is 1.80 bits per heavy atom. The molecule has 1 heterocycles. The summed E-state index contributed by atoms with van der Waals surface area (Å²) >= 11 is 0. The van der Waals surface area contributed by atoms with Gasteiger partial charge in [0.15, 0.2) is 11.5 Å². The number of anilines is 1. The third-order valence-corrected chi connectivity index (χ3v) is 6.74. The summed E-state index contributed by atoms with van der Waals surface area (Å²) in [6, 6.07) is 19.7. The molecule has 0 saturated heterocycles. The molecule has 0 aliphatic heterocycles. The predicted molar refractivity (Wildman–Crippen MR) is 144 cm³/mol. The van der Waals surface area contributed by atoms with Crippen LogP contribution in [0.2, 0.25) is 0 Å². The van der Waals surface area contributed by atoms with Gasteiger partial charge in [-0.3, -0.25) is 4.79 Å². The monoisotopic (exact) mass is 566 g/mol. The number of amidine groups is 1. The van der Waals surface area contributed by atoms with Gasteiger partial charge in [0.05, 0.1) is 17.4 Å². The van der Waals surface area contributed by atoms with Gasteiger partial charge >= 0.3 is 6.18 Å². The van der Waals surface area contributed by atoms with Crippen LogP contribution >= 0.6 is 0 Å². The Hall–Kier alpha value is -4.71. The molecule has 1 aliphatic carbocycles. The summed E-state index contributed by atoms with van der Waals surface area (Å²) in [5.41, 5.74) is 5.44. The highest BCUT2D eigenvalue weighted by Gasteiger charge is 2.36. The van der Waals surface area contributed by atoms with E-state index in [1.165, 1.54) is 36.4 Å². The number of aromatic nitrogens is 2. The molecule has 1 atom stereocenters. The van der Waals surface area contributed by atoms with Crippen molar-refractivity contribution < 1.29 is 27.6 Å². The normalized spacial score (nSPS) is 14.6. The second-order valence-electron chi connectivity index (χ2n) is 9.75. The molecule has 1 unspecified atom stereocenters. The lowest BCUT2D eigenvalue weighted by atomic mass is 9.97. The van der Waals surface area contributed by atoms with Crippen molar-refractivity contribution in [3.63, 3.8) is 0 Å². The van der Waals surface area contributed by atoms with Gasteiger partial charge in [-0.2, -0.15) is 18.3 Å². The van der Waals surface area contributed by atoms with Crippen molar-refractivity contribution in [2.24, 2.45) is 16.8 Å². The molecule has 12 heteroatoms. The van der Waals surface area contributed by atoms with Crippen LogP contribution in [-0.4, -0.2) is 33.3 Å². The largest absolute Gasteiger partial charge is 0.435 e. The Morgan fingerprint density at radius 1 is 1.05 bits per heavy atom. The number of oxime groups is 1. The summed E-state index contributed by atoms with van der Waals surface area (Å²) in [6.45, 7) is 0.766. The van der Waals surface area contributed by atoms with Crippen LogP contribution in [0.25, 0.3) is 5.69 Å². The van der Waals surface area contributed by atoms with Crippen molar-refractivity contribution in [3.05, 3.63) is 113 Å². The summed E-state index contributed by atoms with van der Waals surface area (Å²) in [6.07, 6.45) is -2.59. The topological polar surface area (TPSA) is 118 Å². The zero-order valence-corrected chi connectivity index (χ0v) is 21.6. The minimum Gasteiger partial charge on any atom is -0.409 e. The average Bonchev–Trinajstić information content (AvgIpc) is 3.68. The van der Waals surface area contributed by atoms with Crippen molar-refractivity contribution >= 4 is 17.4 Å². The van der Waals surface area contributed by atoms with Crippen LogP contribution in [0.5, 0.6) is 0 Å². The first-order valence-corrected chi connectivity index (χ1v) is 12.8. The van der Waals surface area contributed by atoms with Crippen molar-refractivity contribution in [1.82, 2.24) is 15.1 Å². The average molecular weight is 567 g/mol. The number of nitrogens with one attached hydrogen (secondary N) is 2. The van der Waals surface area contributed by atoms with E-state index in [9.17, 15) is 22.4 Å². The Kier molecular flexibility index (Phi) is 7.75. The van der Waals surface area contributed by atoms with Gasteiger partial charge in [-0.1, -0.05) is 53.7 Å². The van der Waals surface area contributed by atoms with Gasteiger partial charge in [0, 0.05) is 11.6 Å². The standard InChI is InChI=1S/C29H26F4N6O2/c30-22-12-11-19(26(35-16-17-9-10-17)18-5-2-1-3-6-18)14-23(22)36-28(40)24-15-25(29(31,32)33)37-39(24)21-8-4-7-20(13-21)27(34)38-41/h1-8,11-15,17,26,35,41H,9-10,16H2,(H2,34,38)(H,36,40). The van der Waals surface area contributed by atoms with Crippen molar-refractivity contribution in [3.8, 4) is 5.69 Å². The maximum Gasteiger partial charge on any atom is 0.435 e. The van der Waals surface area contributed by atoms with E-state index < -0.39 is 29.3 Å². The number of hydrogen-bond acceptors (Lipinski definition) is 5. The summed E-state index contributed by atoms with van der Waals surface area (Å²) < 4.78 is 56.5. The fourth-order valence-electron chi connectivity index (χ4n) is 4.42. The number of rotatable bonds is 9. The maximum absolute atomic E-state index is 14.9. The second kappa shape index (κ2) is 11.4. The first kappa shape index (κ1) is 27.8. The summed E-state index contributed by atoms with van der Waals surface area (Å²) in [5, 5.41) is 21.4. The van der Waals surface area contributed by atoms with Crippen LogP contribution < -0.4 is 16.4 Å². The van der Waals surface area contributed by atoms with Crippen LogP contribution in [0.4, 0.5) is 23.2 Å². The van der Waals surface area contributed by atoms with Gasteiger partial charge in [-0.15, -0.1) is 0 Å². The predicted octanol–water partition coefficient (Wildman–Crippen LogP) is 5.47. The van der Waals surface area contributed by atoms with Crippen LogP contribution in [-0.2, 0) is 6.18 Å². The quantitative estimate of drug-likeness (QED) is 0.0705. The molecule has 41 heavy (non-hydrogen) atoms. The van der Waals surface area contributed by atoms with Crippen molar-refractivity contribution in [2.45, 2.75) is 25.1 Å². The zero-order chi connectivity index (χ0) is 29.1. The third kappa shape index (κ3) is 6.38. The molecule has 0 bridgehead atoms. The number of nitrogens with zero attached hydrogens (tertiary/aromatic N) is 3. The molecular weight excluding hydrogens is 540 g/mol. The van der Waals surface area contributed by atoms with E-state index >= 15 is 0 Å². The molecule has 1 aromatic heterocycles. The molecule has 1 aliphatic rings. The van der Waals surface area contributed by atoms with Gasteiger partial charge in [0.2, 0.25) is 0 Å². The SMILES string of the molecule is NC(=NO)c1cccc(-n2nc(C(F)(F)F)cc2C(=O)Nc2cc(C(NCC3CC3)c3ccccc3)ccc2F)c1. The first-order valence-electron chi connectivity index (χ1n) is 12.8. The fourth-order valence-corrected chi connectivity index (χ4v) is 4.42. The maximum atomic E-state index is 14.9. The molecule has 0 radical (unpaired) electrons. The lowest BCUT2D eigenvalue weighted by Crippen LogP contribution is -2.25. The smallest absolute Gasteiger partial charge is 0.409 e. The summed E-state index contributed by atoms with van der Waals surface area (Å²) in [4.78, 5) is 13.3.